The monoisotopic (exact) mass is 347 g/mol. The number of rotatable bonds is 10. The number of hydrogen-bond acceptors (Lipinski definition) is 5. The maximum Gasteiger partial charge on any atom is 0.408 e. The van der Waals surface area contributed by atoms with E-state index in [1.807, 2.05) is 0 Å². The summed E-state index contributed by atoms with van der Waals surface area (Å²) in [5, 5.41) is 13.8. The van der Waals surface area contributed by atoms with Crippen LogP contribution in [-0.4, -0.2) is 48.3 Å². The number of nitrogens with two attached hydrogens (primary N) is 1. The molecule has 0 radical (unpaired) electrons. The van der Waals surface area contributed by atoms with Gasteiger partial charge in [-0.3, -0.25) is 4.79 Å². The van der Waals surface area contributed by atoms with Gasteiger partial charge in [0.25, 0.3) is 0 Å². The van der Waals surface area contributed by atoms with Gasteiger partial charge in [0.2, 0.25) is 6.41 Å². The molecule has 0 heterocycles. The van der Waals surface area contributed by atoms with E-state index in [1.54, 1.807) is 20.8 Å². The molecule has 0 saturated heterocycles. The number of hydrogen-bond donors (Lipinski definition) is 4. The largest absolute Gasteiger partial charge is 0.480 e. The van der Waals surface area contributed by atoms with Crippen LogP contribution >= 0.6 is 0 Å². The second-order valence-electron chi connectivity index (χ2n) is 6.25. The molecule has 0 saturated carbocycles. The predicted molar refractivity (Wildman–Crippen MR) is 92.7 cm³/mol. The number of alkyl carbamates (subject to hydrolysis) is 1. The highest BCUT2D eigenvalue weighted by atomic mass is 16.6. The molecule has 0 aromatic rings. The standard InChI is InChI=1S/C12H22N2O5.C4H11N/c1-12(2,3)19-11(18)14-9(10(16)17)6-4-5-7-13-8-15;1-2-3-4-5/h8-9H,4-7H2,1-3H3,(H,13,15)(H,14,18)(H,16,17);2-5H2,1H3. The normalized spacial score (nSPS) is 11.5. The lowest BCUT2D eigenvalue weighted by Crippen LogP contribution is -2.43. The van der Waals surface area contributed by atoms with Crippen molar-refractivity contribution in [1.29, 1.82) is 0 Å². The summed E-state index contributed by atoms with van der Waals surface area (Å²) >= 11 is 0. The number of carboxylic acid groups (broad SMARTS) is 1. The number of unbranched alkanes of at least 4 members (excludes halogenated alkanes) is 2. The fraction of sp³-hybridized carbons (Fsp3) is 0.812. The molecule has 1 atom stereocenters. The van der Waals surface area contributed by atoms with E-state index in [2.05, 4.69) is 17.6 Å². The Bertz CT molecular complexity index is 354. The van der Waals surface area contributed by atoms with Crippen molar-refractivity contribution in [2.24, 2.45) is 5.73 Å². The number of amides is 2. The molecule has 0 aliphatic rings. The maximum atomic E-state index is 11.5. The molecule has 0 fully saturated rings. The number of ether oxygens (including phenoxy) is 1. The molecular weight excluding hydrogens is 314 g/mol. The third kappa shape index (κ3) is 18.2. The molecule has 8 heteroatoms. The molecule has 0 rings (SSSR count). The third-order valence-electron chi connectivity index (χ3n) is 2.69. The molecule has 5 N–H and O–H groups in total. The summed E-state index contributed by atoms with van der Waals surface area (Å²) in [5.41, 5.74) is 4.47. The highest BCUT2D eigenvalue weighted by Gasteiger charge is 2.23. The van der Waals surface area contributed by atoms with Gasteiger partial charge in [-0.25, -0.2) is 9.59 Å². The van der Waals surface area contributed by atoms with Gasteiger partial charge in [-0.2, -0.15) is 0 Å². The molecule has 0 aromatic heterocycles. The van der Waals surface area contributed by atoms with E-state index in [0.29, 0.717) is 25.8 Å². The van der Waals surface area contributed by atoms with Gasteiger partial charge in [-0.1, -0.05) is 13.3 Å². The molecular formula is C16H33N3O5. The first-order chi connectivity index (χ1) is 11.2. The summed E-state index contributed by atoms with van der Waals surface area (Å²) in [6.45, 7) is 8.57. The van der Waals surface area contributed by atoms with Gasteiger partial charge in [0.1, 0.15) is 11.6 Å². The molecule has 142 valence electrons. The van der Waals surface area contributed by atoms with Crippen molar-refractivity contribution < 1.29 is 24.2 Å². The van der Waals surface area contributed by atoms with E-state index in [9.17, 15) is 14.4 Å². The van der Waals surface area contributed by atoms with Crippen molar-refractivity contribution in [2.75, 3.05) is 13.1 Å². The van der Waals surface area contributed by atoms with Crippen LogP contribution in [0, 0.1) is 0 Å². The van der Waals surface area contributed by atoms with Crippen LogP contribution in [0.1, 0.15) is 59.8 Å². The van der Waals surface area contributed by atoms with Crippen molar-refractivity contribution in [3.63, 3.8) is 0 Å². The lowest BCUT2D eigenvalue weighted by molar-refractivity contribution is -0.139. The number of nitrogens with one attached hydrogen (secondary N) is 2. The zero-order chi connectivity index (χ0) is 19.0. The highest BCUT2D eigenvalue weighted by Crippen LogP contribution is 2.08. The summed E-state index contributed by atoms with van der Waals surface area (Å²) < 4.78 is 4.99. The van der Waals surface area contributed by atoms with E-state index in [-0.39, 0.29) is 6.42 Å². The first kappa shape index (κ1) is 24.4. The Hall–Kier alpha value is -1.83. The van der Waals surface area contributed by atoms with Gasteiger partial charge in [0, 0.05) is 6.54 Å². The van der Waals surface area contributed by atoms with Crippen LogP contribution < -0.4 is 16.4 Å². The van der Waals surface area contributed by atoms with Gasteiger partial charge < -0.3 is 26.2 Å². The van der Waals surface area contributed by atoms with Gasteiger partial charge in [0.15, 0.2) is 0 Å². The maximum absolute atomic E-state index is 11.5. The Labute approximate surface area is 144 Å². The van der Waals surface area contributed by atoms with Crippen LogP contribution in [0.4, 0.5) is 4.79 Å². The van der Waals surface area contributed by atoms with Crippen LogP contribution in [0.5, 0.6) is 0 Å². The van der Waals surface area contributed by atoms with E-state index in [0.717, 1.165) is 6.54 Å². The predicted octanol–water partition coefficient (Wildman–Crippen LogP) is 1.63. The van der Waals surface area contributed by atoms with E-state index >= 15 is 0 Å². The minimum absolute atomic E-state index is 0.287. The highest BCUT2D eigenvalue weighted by molar-refractivity contribution is 5.79. The van der Waals surface area contributed by atoms with Crippen molar-refractivity contribution in [3.8, 4) is 0 Å². The zero-order valence-electron chi connectivity index (χ0n) is 15.3. The molecule has 0 aliphatic carbocycles. The Morgan fingerprint density at radius 1 is 1.25 bits per heavy atom. The smallest absolute Gasteiger partial charge is 0.408 e. The minimum atomic E-state index is -1.10. The lowest BCUT2D eigenvalue weighted by atomic mass is 10.1. The molecule has 8 nitrogen and oxygen atoms in total. The average molecular weight is 347 g/mol. The summed E-state index contributed by atoms with van der Waals surface area (Å²) in [6.07, 6.45) is 3.75. The van der Waals surface area contributed by atoms with Crippen molar-refractivity contribution in [1.82, 2.24) is 10.6 Å². The molecule has 24 heavy (non-hydrogen) atoms. The fourth-order valence-corrected chi connectivity index (χ4v) is 1.55. The summed E-state index contributed by atoms with van der Waals surface area (Å²) in [7, 11) is 0. The SMILES string of the molecule is CC(C)(C)OC(=O)NC(CCCCNC=O)C(=O)O.CCCCN. The van der Waals surface area contributed by atoms with Crippen molar-refractivity contribution >= 4 is 18.5 Å². The Balaban J connectivity index is 0. The molecule has 1 unspecified atom stereocenters. The average Bonchev–Trinajstić information content (AvgIpc) is 2.45. The fourth-order valence-electron chi connectivity index (χ4n) is 1.55. The second-order valence-corrected chi connectivity index (χ2v) is 6.25. The van der Waals surface area contributed by atoms with Gasteiger partial charge in [-0.15, -0.1) is 0 Å². The summed E-state index contributed by atoms with van der Waals surface area (Å²) in [6, 6.07) is -0.980. The second kappa shape index (κ2) is 14.7. The van der Waals surface area contributed by atoms with Crippen molar-refractivity contribution in [3.05, 3.63) is 0 Å². The zero-order valence-corrected chi connectivity index (χ0v) is 15.3. The van der Waals surface area contributed by atoms with Crippen LogP contribution in [0.3, 0.4) is 0 Å². The van der Waals surface area contributed by atoms with Crippen LogP contribution in [0.2, 0.25) is 0 Å². The Kier molecular flexibility index (Phi) is 15.0. The number of carbonyl (C=O) groups is 3. The molecule has 0 spiro atoms. The number of carboxylic acids is 1. The van der Waals surface area contributed by atoms with E-state index in [1.165, 1.54) is 12.8 Å². The summed E-state index contributed by atoms with van der Waals surface area (Å²) in [5.74, 6) is -1.10. The third-order valence-corrected chi connectivity index (χ3v) is 2.69. The quantitative estimate of drug-likeness (QED) is 0.351. The molecule has 0 aromatic carbocycles. The van der Waals surface area contributed by atoms with Gasteiger partial charge in [-0.05, 0) is 53.0 Å². The van der Waals surface area contributed by atoms with E-state index < -0.39 is 23.7 Å². The lowest BCUT2D eigenvalue weighted by Gasteiger charge is -2.22. The Morgan fingerprint density at radius 2 is 1.88 bits per heavy atom. The number of aliphatic carboxylic acids is 1. The first-order valence-electron chi connectivity index (χ1n) is 8.27. The number of carbonyl (C=O) groups excluding carboxylic acids is 2. The van der Waals surface area contributed by atoms with Gasteiger partial charge in [0.05, 0.1) is 0 Å². The van der Waals surface area contributed by atoms with Crippen LogP contribution in [0.25, 0.3) is 0 Å². The molecule has 2 amide bonds. The molecule has 0 aliphatic heterocycles. The van der Waals surface area contributed by atoms with Crippen LogP contribution in [-0.2, 0) is 14.3 Å². The minimum Gasteiger partial charge on any atom is -0.480 e. The van der Waals surface area contributed by atoms with Crippen LogP contribution in [0.15, 0.2) is 0 Å². The molecule has 0 bridgehead atoms. The topological polar surface area (TPSA) is 131 Å². The van der Waals surface area contributed by atoms with Crippen molar-refractivity contribution in [2.45, 2.75) is 71.4 Å². The van der Waals surface area contributed by atoms with E-state index in [4.69, 9.17) is 15.6 Å². The first-order valence-corrected chi connectivity index (χ1v) is 8.27. The summed E-state index contributed by atoms with van der Waals surface area (Å²) in [4.78, 5) is 32.4. The van der Waals surface area contributed by atoms with Gasteiger partial charge >= 0.3 is 12.1 Å². The Morgan fingerprint density at radius 3 is 2.25 bits per heavy atom.